The standard InChI is InChI=1S/C17H18NO/c1-18(2)16-7-5-4-6-14(16)12-17(18)13-8-10-15(19-3)11-9-13/h4-12H,1-3H3/q+1. The lowest BCUT2D eigenvalue weighted by Gasteiger charge is -2.27. The second-order valence-corrected chi connectivity index (χ2v) is 5.27. The Morgan fingerprint density at radius 2 is 1.58 bits per heavy atom. The molecule has 0 bridgehead atoms. The average molecular weight is 252 g/mol. The van der Waals surface area contributed by atoms with Crippen LogP contribution in [0.25, 0.3) is 11.8 Å². The third-order valence-electron chi connectivity index (χ3n) is 3.82. The normalized spacial score (nSPS) is 15.8. The van der Waals surface area contributed by atoms with Crippen molar-refractivity contribution in [3.05, 3.63) is 59.7 Å². The first-order valence-electron chi connectivity index (χ1n) is 6.43. The van der Waals surface area contributed by atoms with Crippen LogP contribution in [0.15, 0.2) is 48.5 Å². The van der Waals surface area contributed by atoms with Gasteiger partial charge in [-0.25, -0.2) is 0 Å². The largest absolute Gasteiger partial charge is 0.497 e. The molecule has 0 aliphatic carbocycles. The minimum absolute atomic E-state index is 0.780. The highest BCUT2D eigenvalue weighted by Crippen LogP contribution is 2.41. The molecule has 0 spiro atoms. The number of para-hydroxylation sites is 1. The van der Waals surface area contributed by atoms with Gasteiger partial charge in [0.1, 0.15) is 17.1 Å². The highest BCUT2D eigenvalue weighted by Gasteiger charge is 2.34. The van der Waals surface area contributed by atoms with E-state index in [4.69, 9.17) is 4.74 Å². The highest BCUT2D eigenvalue weighted by molar-refractivity contribution is 5.95. The SMILES string of the molecule is COc1ccc(C2=Cc3ccccc3[N+]2(C)C)cc1. The summed E-state index contributed by atoms with van der Waals surface area (Å²) in [5.74, 6) is 0.894. The molecule has 0 saturated heterocycles. The van der Waals surface area contributed by atoms with E-state index in [1.54, 1.807) is 7.11 Å². The average Bonchev–Trinajstić information content (AvgIpc) is 2.71. The summed E-state index contributed by atoms with van der Waals surface area (Å²) >= 11 is 0. The van der Waals surface area contributed by atoms with Gasteiger partial charge in [-0.05, 0) is 30.3 Å². The molecule has 0 amide bonds. The summed E-state index contributed by atoms with van der Waals surface area (Å²) in [5, 5.41) is 0. The van der Waals surface area contributed by atoms with Crippen molar-refractivity contribution in [2.45, 2.75) is 0 Å². The Labute approximate surface area is 114 Å². The van der Waals surface area contributed by atoms with Crippen LogP contribution >= 0.6 is 0 Å². The summed E-state index contributed by atoms with van der Waals surface area (Å²) < 4.78 is 6.00. The van der Waals surface area contributed by atoms with E-state index in [0.717, 1.165) is 10.2 Å². The minimum atomic E-state index is 0.780. The molecule has 0 aromatic heterocycles. The van der Waals surface area contributed by atoms with E-state index in [1.807, 2.05) is 12.1 Å². The van der Waals surface area contributed by atoms with E-state index in [1.165, 1.54) is 22.5 Å². The molecule has 96 valence electrons. The third kappa shape index (κ3) is 1.85. The quantitative estimate of drug-likeness (QED) is 0.739. The molecular weight excluding hydrogens is 234 g/mol. The molecule has 1 heterocycles. The van der Waals surface area contributed by atoms with E-state index < -0.39 is 0 Å². The van der Waals surface area contributed by atoms with Gasteiger partial charge < -0.3 is 4.74 Å². The Hall–Kier alpha value is -2.06. The molecular formula is C17H18NO+. The van der Waals surface area contributed by atoms with Crippen LogP contribution in [0.4, 0.5) is 5.69 Å². The number of rotatable bonds is 2. The van der Waals surface area contributed by atoms with Crippen LogP contribution in [0.2, 0.25) is 0 Å². The lowest BCUT2D eigenvalue weighted by molar-refractivity contribution is 0.414. The van der Waals surface area contributed by atoms with Gasteiger partial charge in [0.2, 0.25) is 0 Å². The zero-order valence-electron chi connectivity index (χ0n) is 11.6. The number of hydrogen-bond acceptors (Lipinski definition) is 1. The van der Waals surface area contributed by atoms with Crippen LogP contribution in [0.5, 0.6) is 5.75 Å². The Kier molecular flexibility index (Phi) is 2.68. The zero-order chi connectivity index (χ0) is 13.5. The van der Waals surface area contributed by atoms with Crippen LogP contribution in [-0.4, -0.2) is 21.2 Å². The topological polar surface area (TPSA) is 9.23 Å². The third-order valence-corrected chi connectivity index (χ3v) is 3.82. The summed E-state index contributed by atoms with van der Waals surface area (Å²) in [7, 11) is 6.14. The molecule has 2 heteroatoms. The molecule has 2 nitrogen and oxygen atoms in total. The minimum Gasteiger partial charge on any atom is -0.497 e. The first kappa shape index (κ1) is 12.0. The Morgan fingerprint density at radius 1 is 0.895 bits per heavy atom. The first-order chi connectivity index (χ1) is 9.13. The Morgan fingerprint density at radius 3 is 2.21 bits per heavy atom. The molecule has 0 saturated carbocycles. The predicted molar refractivity (Wildman–Crippen MR) is 80.9 cm³/mol. The van der Waals surface area contributed by atoms with Crippen LogP contribution in [0, 0.1) is 0 Å². The van der Waals surface area contributed by atoms with Gasteiger partial charge in [0.05, 0.1) is 21.2 Å². The summed E-state index contributed by atoms with van der Waals surface area (Å²) in [6.45, 7) is 0. The second kappa shape index (κ2) is 4.25. The number of benzene rings is 2. The van der Waals surface area contributed by atoms with Crippen LogP contribution in [-0.2, 0) is 0 Å². The first-order valence-corrected chi connectivity index (χ1v) is 6.43. The number of ether oxygens (including phenoxy) is 1. The number of fused-ring (bicyclic) bond motifs is 1. The number of hydrogen-bond donors (Lipinski definition) is 0. The molecule has 0 fully saturated rings. The number of quaternary nitrogens is 1. The fourth-order valence-corrected chi connectivity index (χ4v) is 2.72. The number of nitrogens with zero attached hydrogens (tertiary/aromatic N) is 1. The van der Waals surface area contributed by atoms with Crippen molar-refractivity contribution in [2.24, 2.45) is 0 Å². The van der Waals surface area contributed by atoms with Crippen molar-refractivity contribution in [1.82, 2.24) is 4.48 Å². The van der Waals surface area contributed by atoms with Crippen molar-refractivity contribution in [1.29, 1.82) is 0 Å². The molecule has 0 unspecified atom stereocenters. The fraction of sp³-hybridized carbons (Fsp3) is 0.176. The van der Waals surface area contributed by atoms with Gasteiger partial charge in [0.15, 0.2) is 0 Å². The predicted octanol–water partition coefficient (Wildman–Crippen LogP) is 3.77. The fourth-order valence-electron chi connectivity index (χ4n) is 2.72. The molecule has 2 aromatic rings. The Bertz CT molecular complexity index is 639. The second-order valence-electron chi connectivity index (χ2n) is 5.27. The van der Waals surface area contributed by atoms with Gasteiger partial charge in [0.25, 0.3) is 0 Å². The van der Waals surface area contributed by atoms with Crippen molar-refractivity contribution in [3.63, 3.8) is 0 Å². The molecule has 1 aliphatic rings. The molecule has 3 rings (SSSR count). The van der Waals surface area contributed by atoms with Gasteiger partial charge in [0, 0.05) is 23.3 Å². The lowest BCUT2D eigenvalue weighted by atomic mass is 10.1. The van der Waals surface area contributed by atoms with Crippen LogP contribution < -0.4 is 9.22 Å². The monoisotopic (exact) mass is 252 g/mol. The maximum Gasteiger partial charge on any atom is 0.145 e. The summed E-state index contributed by atoms with van der Waals surface area (Å²) in [6, 6.07) is 16.8. The zero-order valence-corrected chi connectivity index (χ0v) is 11.6. The van der Waals surface area contributed by atoms with Gasteiger partial charge >= 0.3 is 0 Å². The van der Waals surface area contributed by atoms with Crippen molar-refractivity contribution < 1.29 is 4.74 Å². The maximum atomic E-state index is 5.22. The Balaban J connectivity index is 2.07. The summed E-state index contributed by atoms with van der Waals surface area (Å²) in [6.07, 6.45) is 2.27. The van der Waals surface area contributed by atoms with E-state index in [9.17, 15) is 0 Å². The molecule has 1 aliphatic heterocycles. The molecule has 0 atom stereocenters. The maximum absolute atomic E-state index is 5.22. The van der Waals surface area contributed by atoms with Crippen molar-refractivity contribution in [2.75, 3.05) is 21.2 Å². The van der Waals surface area contributed by atoms with Gasteiger partial charge in [-0.2, -0.15) is 0 Å². The van der Waals surface area contributed by atoms with Crippen molar-refractivity contribution >= 4 is 17.5 Å². The highest BCUT2D eigenvalue weighted by atomic mass is 16.5. The summed E-state index contributed by atoms with van der Waals surface area (Å²) in [5.41, 5.74) is 5.19. The molecule has 19 heavy (non-hydrogen) atoms. The van der Waals surface area contributed by atoms with Gasteiger partial charge in [-0.1, -0.05) is 12.1 Å². The molecule has 0 N–H and O–H groups in total. The van der Waals surface area contributed by atoms with Gasteiger partial charge in [-0.3, -0.25) is 4.48 Å². The lowest BCUT2D eigenvalue weighted by Crippen LogP contribution is -2.36. The van der Waals surface area contributed by atoms with Crippen molar-refractivity contribution in [3.8, 4) is 5.75 Å². The molecule has 2 aromatic carbocycles. The van der Waals surface area contributed by atoms with E-state index >= 15 is 0 Å². The molecule has 0 radical (unpaired) electrons. The number of methoxy groups -OCH3 is 1. The van der Waals surface area contributed by atoms with E-state index in [0.29, 0.717) is 0 Å². The van der Waals surface area contributed by atoms with Crippen LogP contribution in [0.1, 0.15) is 11.1 Å². The smallest absolute Gasteiger partial charge is 0.145 e. The van der Waals surface area contributed by atoms with E-state index in [2.05, 4.69) is 56.6 Å². The summed E-state index contributed by atoms with van der Waals surface area (Å²) in [4.78, 5) is 0. The van der Waals surface area contributed by atoms with E-state index in [-0.39, 0.29) is 0 Å². The van der Waals surface area contributed by atoms with Crippen LogP contribution in [0.3, 0.4) is 0 Å². The van der Waals surface area contributed by atoms with Gasteiger partial charge in [-0.15, -0.1) is 0 Å².